The van der Waals surface area contributed by atoms with Gasteiger partial charge in [-0.05, 0) is 43.7 Å². The van der Waals surface area contributed by atoms with Crippen LogP contribution in [-0.2, 0) is 15.6 Å². The number of ketones is 1. The van der Waals surface area contributed by atoms with Crippen LogP contribution < -0.4 is 0 Å². The van der Waals surface area contributed by atoms with Gasteiger partial charge in [-0.25, -0.2) is 0 Å². The highest BCUT2D eigenvalue weighted by Gasteiger charge is 2.50. The van der Waals surface area contributed by atoms with Gasteiger partial charge in [0.25, 0.3) is 0 Å². The van der Waals surface area contributed by atoms with Crippen LogP contribution in [0.4, 0.5) is 0 Å². The van der Waals surface area contributed by atoms with Crippen LogP contribution in [-0.4, -0.2) is 15.2 Å². The van der Waals surface area contributed by atoms with Crippen molar-refractivity contribution in [2.75, 3.05) is 0 Å². The minimum Gasteiger partial charge on any atom is -0.299 e. The molecule has 112 valence electrons. The largest absolute Gasteiger partial charge is 0.299 e. The number of hydrogen-bond acceptors (Lipinski definition) is 2. The lowest BCUT2D eigenvalue weighted by molar-refractivity contribution is -0.123. The van der Waals surface area contributed by atoms with E-state index in [9.17, 15) is 9.00 Å². The summed E-state index contributed by atoms with van der Waals surface area (Å²) >= 11 is 0. The predicted octanol–water partition coefficient (Wildman–Crippen LogP) is 3.66. The third-order valence-electron chi connectivity index (χ3n) is 4.76. The van der Waals surface area contributed by atoms with E-state index in [0.29, 0.717) is 24.0 Å². The van der Waals surface area contributed by atoms with Gasteiger partial charge in [0.05, 0.1) is 16.0 Å². The normalized spacial score (nSPS) is 31.5. The van der Waals surface area contributed by atoms with E-state index in [4.69, 9.17) is 0 Å². The van der Waals surface area contributed by atoms with Crippen LogP contribution in [0, 0.1) is 24.7 Å². The molecule has 1 saturated carbocycles. The third-order valence-corrected chi connectivity index (χ3v) is 6.63. The predicted molar refractivity (Wildman–Crippen MR) is 85.5 cm³/mol. The van der Waals surface area contributed by atoms with E-state index in [1.54, 1.807) is 0 Å². The van der Waals surface area contributed by atoms with Gasteiger partial charge in [-0.1, -0.05) is 36.8 Å². The number of fused-ring (bicyclic) bond motifs is 2. The van der Waals surface area contributed by atoms with Crippen molar-refractivity contribution in [3.8, 4) is 0 Å². The van der Waals surface area contributed by atoms with Crippen molar-refractivity contribution in [3.05, 3.63) is 42.0 Å². The molecule has 0 aromatic heterocycles. The van der Waals surface area contributed by atoms with Gasteiger partial charge in [-0.15, -0.1) is 0 Å². The molecule has 0 radical (unpaired) electrons. The molecule has 0 aliphatic heterocycles. The van der Waals surface area contributed by atoms with Crippen molar-refractivity contribution < 1.29 is 9.00 Å². The van der Waals surface area contributed by atoms with Crippen molar-refractivity contribution in [3.63, 3.8) is 0 Å². The molecule has 1 fully saturated rings. The second-order valence-electron chi connectivity index (χ2n) is 6.27. The zero-order valence-corrected chi connectivity index (χ0v) is 13.4. The Bertz CT molecular complexity index is 588. The summed E-state index contributed by atoms with van der Waals surface area (Å²) in [6.07, 6.45) is 6.84. The second kappa shape index (κ2) is 5.88. The fourth-order valence-corrected chi connectivity index (χ4v) is 5.59. The molecule has 2 nitrogen and oxygen atoms in total. The van der Waals surface area contributed by atoms with Gasteiger partial charge < -0.3 is 0 Å². The molecule has 21 heavy (non-hydrogen) atoms. The fourth-order valence-electron chi connectivity index (χ4n) is 3.73. The molecule has 5 atom stereocenters. The number of carbonyl (C=O) groups is 1. The van der Waals surface area contributed by atoms with Gasteiger partial charge in [0.15, 0.2) is 0 Å². The number of rotatable bonds is 5. The van der Waals surface area contributed by atoms with Crippen LogP contribution in [0.15, 0.2) is 41.3 Å². The minimum atomic E-state index is -1.09. The summed E-state index contributed by atoms with van der Waals surface area (Å²) in [4.78, 5) is 13.3. The first-order chi connectivity index (χ1) is 10.1. The molecule has 0 N–H and O–H groups in total. The van der Waals surface area contributed by atoms with Gasteiger partial charge in [0.1, 0.15) is 5.78 Å². The Balaban J connectivity index is 1.88. The molecule has 0 saturated heterocycles. The van der Waals surface area contributed by atoms with Gasteiger partial charge >= 0.3 is 0 Å². The zero-order valence-electron chi connectivity index (χ0n) is 12.6. The first-order valence-corrected chi connectivity index (χ1v) is 9.01. The van der Waals surface area contributed by atoms with Gasteiger partial charge in [0, 0.05) is 17.2 Å². The molecular weight excluding hydrogens is 280 g/mol. The van der Waals surface area contributed by atoms with E-state index in [1.807, 2.05) is 38.1 Å². The fraction of sp³-hybridized carbons (Fsp3) is 0.500. The van der Waals surface area contributed by atoms with Crippen LogP contribution in [0.25, 0.3) is 0 Å². The van der Waals surface area contributed by atoms with Crippen molar-refractivity contribution >= 4 is 16.6 Å². The zero-order chi connectivity index (χ0) is 15.0. The first-order valence-electron chi connectivity index (χ1n) is 7.80. The number of Topliss-reactive ketones (excluding diaryl/α,β-unsaturated/α-hetero) is 1. The summed E-state index contributed by atoms with van der Waals surface area (Å²) in [7, 11) is -1.09. The Morgan fingerprint density at radius 2 is 1.86 bits per heavy atom. The lowest BCUT2D eigenvalue weighted by Crippen LogP contribution is -2.35. The topological polar surface area (TPSA) is 34.1 Å². The first kappa shape index (κ1) is 14.7. The van der Waals surface area contributed by atoms with Crippen molar-refractivity contribution in [1.82, 2.24) is 0 Å². The Morgan fingerprint density at radius 1 is 1.19 bits per heavy atom. The summed E-state index contributed by atoms with van der Waals surface area (Å²) in [5, 5.41) is -0.0262. The standard InChI is InChI=1S/C18H22O2S/c1-3-4-16(19)17-13-7-8-14(11-13)18(17)21(20)15-9-5-12(2)6-10-15/h5-10,13-14,17-18H,3-4,11H2,1-2H3/t13-,14+,17+,18-,21?/m0/s1. The molecule has 1 aromatic rings. The SMILES string of the molecule is CCCC(=O)[C@@H]1[C@@H](S(=O)c2ccc(C)cc2)[C@@H]2C=C[C@H]1C2. The molecule has 1 unspecified atom stereocenters. The highest BCUT2D eigenvalue weighted by atomic mass is 32.2. The van der Waals surface area contributed by atoms with Crippen molar-refractivity contribution in [1.29, 1.82) is 0 Å². The van der Waals surface area contributed by atoms with Crippen molar-refractivity contribution in [2.24, 2.45) is 17.8 Å². The second-order valence-corrected chi connectivity index (χ2v) is 7.88. The molecule has 1 aromatic carbocycles. The molecule has 2 aliphatic rings. The van der Waals surface area contributed by atoms with Crippen LogP contribution in [0.3, 0.4) is 0 Å². The minimum absolute atomic E-state index is 0.0262. The van der Waals surface area contributed by atoms with Crippen LogP contribution in [0.5, 0.6) is 0 Å². The lowest BCUT2D eigenvalue weighted by Gasteiger charge is -2.26. The Labute approximate surface area is 129 Å². The van der Waals surface area contributed by atoms with E-state index >= 15 is 0 Å². The highest BCUT2D eigenvalue weighted by Crippen LogP contribution is 2.48. The summed E-state index contributed by atoms with van der Waals surface area (Å²) in [5.74, 6) is 0.887. The molecule has 3 heteroatoms. The summed E-state index contributed by atoms with van der Waals surface area (Å²) in [5.41, 5.74) is 1.17. The summed E-state index contributed by atoms with van der Waals surface area (Å²) in [6, 6.07) is 7.89. The number of aryl methyl sites for hydroxylation is 1. The van der Waals surface area contributed by atoms with E-state index in [0.717, 1.165) is 17.7 Å². The maximum atomic E-state index is 13.0. The molecule has 0 spiro atoms. The quantitative estimate of drug-likeness (QED) is 0.778. The number of benzene rings is 1. The average molecular weight is 302 g/mol. The van der Waals surface area contributed by atoms with E-state index in [2.05, 4.69) is 12.2 Å². The lowest BCUT2D eigenvalue weighted by atomic mass is 9.87. The van der Waals surface area contributed by atoms with Crippen LogP contribution in [0.1, 0.15) is 31.7 Å². The molecular formula is C18H22O2S. The van der Waals surface area contributed by atoms with E-state index in [1.165, 1.54) is 5.56 Å². The molecule has 0 amide bonds. The summed E-state index contributed by atoms with van der Waals surface area (Å²) < 4.78 is 13.0. The number of hydrogen-bond donors (Lipinski definition) is 0. The molecule has 3 rings (SSSR count). The Hall–Kier alpha value is -1.22. The van der Waals surface area contributed by atoms with E-state index < -0.39 is 10.8 Å². The Kier molecular flexibility index (Phi) is 4.12. The van der Waals surface area contributed by atoms with Gasteiger partial charge in [-0.2, -0.15) is 0 Å². The molecule has 2 aliphatic carbocycles. The van der Waals surface area contributed by atoms with E-state index in [-0.39, 0.29) is 11.2 Å². The van der Waals surface area contributed by atoms with Crippen LogP contribution in [0.2, 0.25) is 0 Å². The molecule has 2 bridgehead atoms. The monoisotopic (exact) mass is 302 g/mol. The third kappa shape index (κ3) is 2.64. The maximum absolute atomic E-state index is 13.0. The molecule has 0 heterocycles. The van der Waals surface area contributed by atoms with Crippen LogP contribution >= 0.6 is 0 Å². The maximum Gasteiger partial charge on any atom is 0.137 e. The number of allylic oxidation sites excluding steroid dienone is 2. The van der Waals surface area contributed by atoms with Gasteiger partial charge in [0.2, 0.25) is 0 Å². The summed E-state index contributed by atoms with van der Waals surface area (Å²) in [6.45, 7) is 4.06. The average Bonchev–Trinajstić information content (AvgIpc) is 3.08. The van der Waals surface area contributed by atoms with Crippen molar-refractivity contribution in [2.45, 2.75) is 43.3 Å². The Morgan fingerprint density at radius 3 is 2.52 bits per heavy atom. The van der Waals surface area contributed by atoms with Gasteiger partial charge in [-0.3, -0.25) is 9.00 Å². The highest BCUT2D eigenvalue weighted by molar-refractivity contribution is 7.85. The number of carbonyl (C=O) groups excluding carboxylic acids is 1. The smallest absolute Gasteiger partial charge is 0.137 e.